The van der Waals surface area contributed by atoms with Gasteiger partial charge in [-0.15, -0.1) is 0 Å². The van der Waals surface area contributed by atoms with Crippen molar-refractivity contribution in [2.24, 2.45) is 5.92 Å². The molecule has 1 aliphatic heterocycles. The average molecular weight is 339 g/mol. The van der Waals surface area contributed by atoms with Gasteiger partial charge in [-0.3, -0.25) is 4.98 Å². The predicted octanol–water partition coefficient (Wildman–Crippen LogP) is 1.60. The summed E-state index contributed by atoms with van der Waals surface area (Å²) >= 11 is 0. The minimum Gasteiger partial charge on any atom is -0.393 e. The van der Waals surface area contributed by atoms with Crippen LogP contribution < -0.4 is 4.72 Å². The van der Waals surface area contributed by atoms with Crippen LogP contribution in [0, 0.1) is 5.92 Å². The molecule has 0 amide bonds. The van der Waals surface area contributed by atoms with E-state index in [0.29, 0.717) is 25.9 Å². The van der Waals surface area contributed by atoms with Gasteiger partial charge in [0.25, 0.3) is 10.2 Å². The number of aromatic nitrogens is 1. The first-order valence-electron chi connectivity index (χ1n) is 8.42. The predicted molar refractivity (Wildman–Crippen MR) is 87.8 cm³/mol. The van der Waals surface area contributed by atoms with Crippen molar-refractivity contribution in [3.8, 4) is 0 Å². The molecule has 1 unspecified atom stereocenters. The molecule has 2 N–H and O–H groups in total. The van der Waals surface area contributed by atoms with Crippen LogP contribution in [0.15, 0.2) is 24.4 Å². The Morgan fingerprint density at radius 3 is 2.43 bits per heavy atom. The number of nitrogens with zero attached hydrogens (tertiary/aromatic N) is 2. The summed E-state index contributed by atoms with van der Waals surface area (Å²) in [5.41, 5.74) is 0.725. The lowest BCUT2D eigenvalue weighted by molar-refractivity contribution is 0.0270. The topological polar surface area (TPSA) is 82.5 Å². The lowest BCUT2D eigenvalue weighted by atomic mass is 9.76. The molecule has 2 heterocycles. The highest BCUT2D eigenvalue weighted by molar-refractivity contribution is 7.87. The van der Waals surface area contributed by atoms with Gasteiger partial charge in [0, 0.05) is 19.3 Å². The molecule has 23 heavy (non-hydrogen) atoms. The zero-order chi connectivity index (χ0) is 16.3. The molecule has 0 aromatic carbocycles. The third-order valence-corrected chi connectivity index (χ3v) is 6.41. The molecular formula is C16H25N3O3S. The number of nitrogens with one attached hydrogen (secondary N) is 1. The lowest BCUT2D eigenvalue weighted by Gasteiger charge is -2.38. The van der Waals surface area contributed by atoms with E-state index >= 15 is 0 Å². The van der Waals surface area contributed by atoms with Gasteiger partial charge in [0.1, 0.15) is 0 Å². The molecule has 1 atom stereocenters. The van der Waals surface area contributed by atoms with Crippen LogP contribution in [0.25, 0.3) is 0 Å². The number of aliphatic hydroxyl groups excluding tert-OH is 1. The monoisotopic (exact) mass is 339 g/mol. The van der Waals surface area contributed by atoms with Crippen LogP contribution in [-0.2, 0) is 10.2 Å². The van der Waals surface area contributed by atoms with Crippen molar-refractivity contribution in [2.45, 2.75) is 50.7 Å². The highest BCUT2D eigenvalue weighted by Gasteiger charge is 2.38. The third kappa shape index (κ3) is 4.09. The van der Waals surface area contributed by atoms with E-state index < -0.39 is 10.2 Å². The summed E-state index contributed by atoms with van der Waals surface area (Å²) in [6, 6.07) is 5.16. The van der Waals surface area contributed by atoms with Crippen molar-refractivity contribution in [3.05, 3.63) is 30.1 Å². The van der Waals surface area contributed by atoms with Crippen molar-refractivity contribution >= 4 is 10.2 Å². The van der Waals surface area contributed by atoms with Crippen molar-refractivity contribution in [3.63, 3.8) is 0 Å². The van der Waals surface area contributed by atoms with Gasteiger partial charge in [-0.05, 0) is 43.7 Å². The lowest BCUT2D eigenvalue weighted by Crippen LogP contribution is -2.47. The Balaban J connectivity index is 1.77. The maximum atomic E-state index is 12.8. The largest absolute Gasteiger partial charge is 0.393 e. The number of aliphatic hydroxyl groups is 1. The molecule has 0 spiro atoms. The SMILES string of the molecule is O=S(=O)(NC(c1ccccn1)C1CC(O)C1)N1CCCCCC1. The Kier molecular flexibility index (Phi) is 5.31. The molecule has 1 aliphatic carbocycles. The van der Waals surface area contributed by atoms with E-state index in [1.807, 2.05) is 18.2 Å². The van der Waals surface area contributed by atoms with Gasteiger partial charge < -0.3 is 5.11 Å². The standard InChI is InChI=1S/C16H25N3O3S/c20-14-11-13(12-14)16(15-7-3-4-8-17-15)18-23(21,22)19-9-5-1-2-6-10-19/h3-4,7-8,13-14,16,18,20H,1-2,5-6,9-12H2. The van der Waals surface area contributed by atoms with Crippen LogP contribution >= 0.6 is 0 Å². The zero-order valence-electron chi connectivity index (χ0n) is 13.3. The van der Waals surface area contributed by atoms with Crippen LogP contribution in [0.1, 0.15) is 50.3 Å². The molecule has 2 fully saturated rings. The number of rotatable bonds is 5. The van der Waals surface area contributed by atoms with E-state index in [-0.39, 0.29) is 18.1 Å². The fraction of sp³-hybridized carbons (Fsp3) is 0.688. The minimum atomic E-state index is -3.53. The first kappa shape index (κ1) is 16.8. The Morgan fingerprint density at radius 2 is 1.87 bits per heavy atom. The van der Waals surface area contributed by atoms with Gasteiger partial charge in [-0.1, -0.05) is 18.9 Å². The van der Waals surface area contributed by atoms with Crippen molar-refractivity contribution < 1.29 is 13.5 Å². The third-order valence-electron chi connectivity index (χ3n) is 4.81. The molecule has 7 heteroatoms. The molecule has 0 bridgehead atoms. The summed E-state index contributed by atoms with van der Waals surface area (Å²) in [6.45, 7) is 1.16. The average Bonchev–Trinajstić information content (AvgIpc) is 2.81. The van der Waals surface area contributed by atoms with Crippen LogP contribution in [0.3, 0.4) is 0 Å². The van der Waals surface area contributed by atoms with Crippen LogP contribution in [0.2, 0.25) is 0 Å². The Hall–Kier alpha value is -1.02. The number of hydrogen-bond donors (Lipinski definition) is 2. The van der Waals surface area contributed by atoms with Crippen LogP contribution in [0.4, 0.5) is 0 Å². The van der Waals surface area contributed by atoms with E-state index in [1.54, 1.807) is 10.5 Å². The van der Waals surface area contributed by atoms with Crippen molar-refractivity contribution in [1.29, 1.82) is 0 Å². The van der Waals surface area contributed by atoms with Gasteiger partial charge in [0.15, 0.2) is 0 Å². The van der Waals surface area contributed by atoms with E-state index in [9.17, 15) is 13.5 Å². The van der Waals surface area contributed by atoms with Gasteiger partial charge in [-0.25, -0.2) is 0 Å². The Labute approximate surface area is 138 Å². The second-order valence-electron chi connectivity index (χ2n) is 6.55. The summed E-state index contributed by atoms with van der Waals surface area (Å²) in [4.78, 5) is 4.33. The van der Waals surface area contributed by atoms with Crippen LogP contribution in [-0.4, -0.2) is 42.0 Å². The summed E-state index contributed by atoms with van der Waals surface area (Å²) in [6.07, 6.45) is 6.59. The normalized spacial score (nSPS) is 27.9. The molecule has 3 rings (SSSR count). The van der Waals surface area contributed by atoms with E-state index in [1.165, 1.54) is 0 Å². The Morgan fingerprint density at radius 1 is 1.17 bits per heavy atom. The second-order valence-corrected chi connectivity index (χ2v) is 8.26. The summed E-state index contributed by atoms with van der Waals surface area (Å²) in [7, 11) is -3.53. The molecule has 1 saturated heterocycles. The molecule has 2 aliphatic rings. The minimum absolute atomic E-state index is 0.0988. The van der Waals surface area contributed by atoms with Gasteiger partial charge in [0.05, 0.1) is 17.8 Å². The quantitative estimate of drug-likeness (QED) is 0.854. The van der Waals surface area contributed by atoms with Gasteiger partial charge >= 0.3 is 0 Å². The summed E-state index contributed by atoms with van der Waals surface area (Å²) < 4.78 is 30.0. The Bertz CT molecular complexity index is 594. The maximum absolute atomic E-state index is 12.8. The van der Waals surface area contributed by atoms with E-state index in [0.717, 1.165) is 31.4 Å². The summed E-state index contributed by atoms with van der Waals surface area (Å²) in [5.74, 6) is 0.0988. The van der Waals surface area contributed by atoms with Gasteiger partial charge in [0.2, 0.25) is 0 Å². The summed E-state index contributed by atoms with van der Waals surface area (Å²) in [5, 5.41) is 9.59. The van der Waals surface area contributed by atoms with E-state index in [4.69, 9.17) is 0 Å². The van der Waals surface area contributed by atoms with Crippen molar-refractivity contribution in [1.82, 2.24) is 14.0 Å². The highest BCUT2D eigenvalue weighted by Crippen LogP contribution is 2.38. The zero-order valence-corrected chi connectivity index (χ0v) is 14.1. The molecule has 1 aromatic heterocycles. The fourth-order valence-corrected chi connectivity index (χ4v) is 4.90. The highest BCUT2D eigenvalue weighted by atomic mass is 32.2. The fourth-order valence-electron chi connectivity index (χ4n) is 3.38. The molecule has 0 radical (unpaired) electrons. The number of hydrogen-bond acceptors (Lipinski definition) is 4. The second kappa shape index (κ2) is 7.25. The number of pyridine rings is 1. The first-order valence-corrected chi connectivity index (χ1v) is 9.86. The molecule has 1 saturated carbocycles. The van der Waals surface area contributed by atoms with Crippen LogP contribution in [0.5, 0.6) is 0 Å². The molecule has 1 aromatic rings. The molecule has 128 valence electrons. The first-order chi connectivity index (χ1) is 11.1. The van der Waals surface area contributed by atoms with E-state index in [2.05, 4.69) is 9.71 Å². The van der Waals surface area contributed by atoms with Crippen molar-refractivity contribution in [2.75, 3.05) is 13.1 Å². The van der Waals surface area contributed by atoms with Gasteiger partial charge in [-0.2, -0.15) is 17.4 Å². The smallest absolute Gasteiger partial charge is 0.280 e. The maximum Gasteiger partial charge on any atom is 0.280 e. The molecular weight excluding hydrogens is 314 g/mol. The molecule has 6 nitrogen and oxygen atoms in total.